The molecule has 0 bridgehead atoms. The van der Waals surface area contributed by atoms with E-state index in [9.17, 15) is 4.79 Å². The van der Waals surface area contributed by atoms with Crippen molar-refractivity contribution in [1.82, 2.24) is 0 Å². The summed E-state index contributed by atoms with van der Waals surface area (Å²) in [5, 5.41) is 0. The molecule has 3 nitrogen and oxygen atoms in total. The Kier molecular flexibility index (Phi) is 3.88. The summed E-state index contributed by atoms with van der Waals surface area (Å²) in [4.78, 5) is 11.3. The van der Waals surface area contributed by atoms with Gasteiger partial charge in [-0.15, -0.1) is 0 Å². The molecule has 1 rings (SSSR count). The molecule has 1 aliphatic rings. The number of rotatable bonds is 4. The summed E-state index contributed by atoms with van der Waals surface area (Å²) in [5.74, 6) is 0.131. The average Bonchev–Trinajstić information content (AvgIpc) is 2.04. The lowest BCUT2D eigenvalue weighted by molar-refractivity contribution is -0.124. The van der Waals surface area contributed by atoms with Crippen LogP contribution in [0, 0.1) is 0 Å². The van der Waals surface area contributed by atoms with Gasteiger partial charge in [-0.2, -0.15) is 0 Å². The van der Waals surface area contributed by atoms with Crippen LogP contribution in [-0.2, 0) is 9.53 Å². The van der Waals surface area contributed by atoms with Crippen molar-refractivity contribution in [2.45, 2.75) is 44.1 Å². The molecule has 0 heterocycles. The Morgan fingerprint density at radius 3 is 2.54 bits per heavy atom. The molecular weight excluding hydrogens is 166 g/mol. The van der Waals surface area contributed by atoms with Crippen LogP contribution in [-0.4, -0.2) is 25.0 Å². The maximum absolute atomic E-state index is 11.3. The first-order valence-electron chi connectivity index (χ1n) is 4.96. The number of carbonyl (C=O) groups is 1. The molecule has 0 amide bonds. The van der Waals surface area contributed by atoms with E-state index in [2.05, 4.69) is 0 Å². The monoisotopic (exact) mass is 185 g/mol. The standard InChI is InChI=1S/C10H19NO2/c1-13-8-9(12)7-10(11)5-3-2-4-6-10/h2-8,11H2,1H3. The van der Waals surface area contributed by atoms with E-state index in [-0.39, 0.29) is 17.9 Å². The Hall–Kier alpha value is -0.410. The molecule has 0 aliphatic heterocycles. The summed E-state index contributed by atoms with van der Waals surface area (Å²) in [6.45, 7) is 0.207. The van der Waals surface area contributed by atoms with E-state index in [1.807, 2.05) is 0 Å². The third-order valence-corrected chi connectivity index (χ3v) is 2.70. The summed E-state index contributed by atoms with van der Waals surface area (Å²) < 4.78 is 4.79. The van der Waals surface area contributed by atoms with Gasteiger partial charge in [0, 0.05) is 19.1 Å². The Bertz CT molecular complexity index is 174. The number of Topliss-reactive ketones (excluding diaryl/α,β-unsaturated/α-hetero) is 1. The Morgan fingerprint density at radius 2 is 2.00 bits per heavy atom. The maximum atomic E-state index is 11.3. The van der Waals surface area contributed by atoms with Crippen LogP contribution >= 0.6 is 0 Å². The highest BCUT2D eigenvalue weighted by Crippen LogP contribution is 2.28. The van der Waals surface area contributed by atoms with Crippen molar-refractivity contribution < 1.29 is 9.53 Å². The summed E-state index contributed by atoms with van der Waals surface area (Å²) in [7, 11) is 1.54. The van der Waals surface area contributed by atoms with Gasteiger partial charge in [0.2, 0.25) is 0 Å². The lowest BCUT2D eigenvalue weighted by atomic mass is 9.79. The molecule has 76 valence electrons. The van der Waals surface area contributed by atoms with Crippen molar-refractivity contribution in [3.05, 3.63) is 0 Å². The van der Waals surface area contributed by atoms with Crippen LogP contribution in [0.25, 0.3) is 0 Å². The number of carbonyl (C=O) groups excluding carboxylic acids is 1. The van der Waals surface area contributed by atoms with Gasteiger partial charge >= 0.3 is 0 Å². The van der Waals surface area contributed by atoms with Crippen molar-refractivity contribution in [1.29, 1.82) is 0 Å². The molecule has 2 N–H and O–H groups in total. The second-order valence-electron chi connectivity index (χ2n) is 4.07. The second-order valence-corrected chi connectivity index (χ2v) is 4.07. The van der Waals surface area contributed by atoms with E-state index in [0.29, 0.717) is 6.42 Å². The van der Waals surface area contributed by atoms with Gasteiger partial charge in [0.1, 0.15) is 6.61 Å². The van der Waals surface area contributed by atoms with Crippen LogP contribution < -0.4 is 5.73 Å². The molecule has 1 saturated carbocycles. The van der Waals surface area contributed by atoms with E-state index >= 15 is 0 Å². The van der Waals surface area contributed by atoms with Crippen molar-refractivity contribution in [3.63, 3.8) is 0 Å². The summed E-state index contributed by atoms with van der Waals surface area (Å²) in [5.41, 5.74) is 5.89. The highest BCUT2D eigenvalue weighted by molar-refractivity contribution is 5.80. The van der Waals surface area contributed by atoms with Crippen LogP contribution in [0.4, 0.5) is 0 Å². The minimum Gasteiger partial charge on any atom is -0.377 e. The van der Waals surface area contributed by atoms with Crippen LogP contribution in [0.5, 0.6) is 0 Å². The molecule has 0 radical (unpaired) electrons. The molecular formula is C10H19NO2. The molecule has 3 heteroatoms. The molecule has 0 unspecified atom stereocenters. The van der Waals surface area contributed by atoms with Crippen LogP contribution in [0.1, 0.15) is 38.5 Å². The molecule has 1 fully saturated rings. The molecule has 0 aromatic rings. The zero-order valence-electron chi connectivity index (χ0n) is 8.34. The van der Waals surface area contributed by atoms with E-state index in [1.165, 1.54) is 6.42 Å². The molecule has 0 atom stereocenters. The first-order chi connectivity index (χ1) is 6.16. The largest absolute Gasteiger partial charge is 0.377 e. The number of nitrogens with two attached hydrogens (primary N) is 1. The van der Waals surface area contributed by atoms with Gasteiger partial charge in [0.15, 0.2) is 5.78 Å². The van der Waals surface area contributed by atoms with Crippen molar-refractivity contribution in [2.24, 2.45) is 5.73 Å². The van der Waals surface area contributed by atoms with Gasteiger partial charge in [-0.05, 0) is 12.8 Å². The summed E-state index contributed by atoms with van der Waals surface area (Å²) in [6.07, 6.45) is 6.05. The van der Waals surface area contributed by atoms with Crippen molar-refractivity contribution in [2.75, 3.05) is 13.7 Å². The first kappa shape index (κ1) is 10.7. The fourth-order valence-corrected chi connectivity index (χ4v) is 2.04. The van der Waals surface area contributed by atoms with E-state index < -0.39 is 0 Å². The van der Waals surface area contributed by atoms with Gasteiger partial charge < -0.3 is 10.5 Å². The Balaban J connectivity index is 2.36. The molecule has 0 aromatic carbocycles. The number of hydrogen-bond donors (Lipinski definition) is 1. The predicted molar refractivity (Wildman–Crippen MR) is 51.5 cm³/mol. The fourth-order valence-electron chi connectivity index (χ4n) is 2.04. The van der Waals surface area contributed by atoms with E-state index in [4.69, 9.17) is 10.5 Å². The lowest BCUT2D eigenvalue weighted by Crippen LogP contribution is -2.44. The molecule has 0 aromatic heterocycles. The summed E-state index contributed by atoms with van der Waals surface area (Å²) in [6, 6.07) is 0. The van der Waals surface area contributed by atoms with Gasteiger partial charge in [-0.25, -0.2) is 0 Å². The van der Waals surface area contributed by atoms with Crippen LogP contribution in [0.2, 0.25) is 0 Å². The van der Waals surface area contributed by atoms with Gasteiger partial charge in [-0.1, -0.05) is 19.3 Å². The molecule has 13 heavy (non-hydrogen) atoms. The first-order valence-corrected chi connectivity index (χ1v) is 4.96. The fraction of sp³-hybridized carbons (Fsp3) is 0.900. The van der Waals surface area contributed by atoms with Crippen LogP contribution in [0.15, 0.2) is 0 Å². The smallest absolute Gasteiger partial charge is 0.160 e. The highest BCUT2D eigenvalue weighted by Gasteiger charge is 2.29. The van der Waals surface area contributed by atoms with Crippen LogP contribution in [0.3, 0.4) is 0 Å². The predicted octanol–water partition coefficient (Wildman–Crippen LogP) is 1.25. The minimum absolute atomic E-state index is 0.131. The quantitative estimate of drug-likeness (QED) is 0.717. The third kappa shape index (κ3) is 3.44. The minimum atomic E-state index is -0.228. The van der Waals surface area contributed by atoms with Gasteiger partial charge in [0.25, 0.3) is 0 Å². The maximum Gasteiger partial charge on any atom is 0.160 e. The molecule has 1 aliphatic carbocycles. The second kappa shape index (κ2) is 4.72. The SMILES string of the molecule is COCC(=O)CC1(N)CCCCC1. The van der Waals surface area contributed by atoms with E-state index in [1.54, 1.807) is 7.11 Å². The Labute approximate surface area is 79.6 Å². The zero-order valence-corrected chi connectivity index (χ0v) is 8.34. The number of ketones is 1. The average molecular weight is 185 g/mol. The Morgan fingerprint density at radius 1 is 1.38 bits per heavy atom. The molecule has 0 spiro atoms. The van der Waals surface area contributed by atoms with Gasteiger partial charge in [-0.3, -0.25) is 4.79 Å². The van der Waals surface area contributed by atoms with E-state index in [0.717, 1.165) is 25.7 Å². The molecule has 0 saturated heterocycles. The topological polar surface area (TPSA) is 52.3 Å². The number of ether oxygens (including phenoxy) is 1. The highest BCUT2D eigenvalue weighted by atomic mass is 16.5. The number of hydrogen-bond acceptors (Lipinski definition) is 3. The zero-order chi connectivity index (χ0) is 9.73. The number of methoxy groups -OCH3 is 1. The normalized spacial score (nSPS) is 21.4. The van der Waals surface area contributed by atoms with Crippen molar-refractivity contribution >= 4 is 5.78 Å². The van der Waals surface area contributed by atoms with Crippen molar-refractivity contribution in [3.8, 4) is 0 Å². The summed E-state index contributed by atoms with van der Waals surface area (Å²) >= 11 is 0. The third-order valence-electron chi connectivity index (χ3n) is 2.70. The van der Waals surface area contributed by atoms with Gasteiger partial charge in [0.05, 0.1) is 0 Å². The lowest BCUT2D eigenvalue weighted by Gasteiger charge is -2.32.